The summed E-state index contributed by atoms with van der Waals surface area (Å²) in [6.07, 6.45) is 4.65. The molecule has 63 heavy (non-hydrogen) atoms. The smallest absolute Gasteiger partial charge is 0.407 e. The Morgan fingerprint density at radius 2 is 1.52 bits per heavy atom. The number of ketones is 1. The van der Waals surface area contributed by atoms with E-state index < -0.39 is 42.1 Å². The van der Waals surface area contributed by atoms with Crippen molar-refractivity contribution in [2.75, 3.05) is 32.6 Å². The van der Waals surface area contributed by atoms with E-state index in [9.17, 15) is 28.8 Å². The molecule has 1 unspecified atom stereocenters. The van der Waals surface area contributed by atoms with Crippen LogP contribution in [0.2, 0.25) is 5.15 Å². The summed E-state index contributed by atoms with van der Waals surface area (Å²) in [6.45, 7) is 5.02. The van der Waals surface area contributed by atoms with Crippen molar-refractivity contribution in [1.82, 2.24) is 35.0 Å². The number of H-pyrrole nitrogens is 1. The maximum Gasteiger partial charge on any atom is 0.407 e. The number of alkyl carbamates (subject to hydrolysis) is 2. The lowest BCUT2D eigenvalue weighted by molar-refractivity contribution is -0.142. The van der Waals surface area contributed by atoms with Crippen molar-refractivity contribution in [3.05, 3.63) is 83.0 Å². The number of nitrogens with one attached hydrogen (secondary N) is 4. The van der Waals surface area contributed by atoms with E-state index in [0.29, 0.717) is 68.9 Å². The Kier molecular flexibility index (Phi) is 12.6. The first-order chi connectivity index (χ1) is 30.3. The van der Waals surface area contributed by atoms with Crippen LogP contribution in [0, 0.1) is 11.8 Å². The van der Waals surface area contributed by atoms with Crippen LogP contribution in [0.15, 0.2) is 60.8 Å². The number of carbonyl (C=O) groups is 6. The molecule has 17 heteroatoms. The zero-order valence-corrected chi connectivity index (χ0v) is 36.6. The van der Waals surface area contributed by atoms with Gasteiger partial charge in [-0.15, -0.1) is 0 Å². The predicted octanol–water partition coefficient (Wildman–Crippen LogP) is 6.22. The number of aromatic amines is 1. The summed E-state index contributed by atoms with van der Waals surface area (Å²) in [6, 6.07) is 15.1. The number of aromatic nitrogens is 3. The average Bonchev–Trinajstić information content (AvgIpc) is 4.11. The van der Waals surface area contributed by atoms with Crippen molar-refractivity contribution in [1.29, 1.82) is 0 Å². The third kappa shape index (κ3) is 8.77. The summed E-state index contributed by atoms with van der Waals surface area (Å²) in [5, 5.41) is 8.80. The van der Waals surface area contributed by atoms with Crippen LogP contribution in [0.4, 0.5) is 15.3 Å². The molecule has 3 aliphatic heterocycles. The van der Waals surface area contributed by atoms with Crippen LogP contribution in [-0.2, 0) is 41.6 Å². The molecule has 4 N–H and O–H groups in total. The number of halogens is 1. The van der Waals surface area contributed by atoms with E-state index in [1.54, 1.807) is 9.80 Å². The standard InChI is InChI=1S/C46H53ClN8O8/c1-25(2)37(51-46(61)63-4)44(59)54-20-5-7-33(54)41-50-38(40(47)52-41)28-11-9-26(10-12-28)27-13-16-31(17-14-27)48-42(57)34-8-6-21-55(34)43(58)30-23-35(56)36-32(49-45(60)62-3)18-15-29-19-22-53(24-30)39(29)36/h9-14,16-17,19,22,25,30,32-34,36-37H,5-8,15,18,20-21,23-24H2,1-4H3,(H,48,57)(H,49,60)(H,50,52)(H,51,61)/t30-,32-,33-,34-,36?,37-/m0/s1. The topological polar surface area (TPSA) is 197 Å². The Labute approximate surface area is 370 Å². The van der Waals surface area contributed by atoms with E-state index in [4.69, 9.17) is 21.1 Å². The number of carbonyl (C=O) groups excluding carboxylic acids is 6. The van der Waals surface area contributed by atoms with Crippen LogP contribution in [0.25, 0.3) is 22.4 Å². The molecule has 2 fully saturated rings. The number of benzene rings is 2. The van der Waals surface area contributed by atoms with Crippen LogP contribution in [0.5, 0.6) is 0 Å². The highest BCUT2D eigenvalue weighted by Crippen LogP contribution is 2.40. The van der Waals surface area contributed by atoms with Gasteiger partial charge in [0.1, 0.15) is 23.7 Å². The lowest BCUT2D eigenvalue weighted by atomic mass is 9.79. The Morgan fingerprint density at radius 1 is 0.857 bits per heavy atom. The van der Waals surface area contributed by atoms with E-state index in [2.05, 4.69) is 25.9 Å². The van der Waals surface area contributed by atoms with Crippen LogP contribution in [0.1, 0.15) is 81.4 Å². The van der Waals surface area contributed by atoms with Gasteiger partial charge in [0.05, 0.1) is 37.8 Å². The minimum atomic E-state index is -0.745. The van der Waals surface area contributed by atoms with E-state index in [1.807, 2.05) is 79.2 Å². The first kappa shape index (κ1) is 43.5. The van der Waals surface area contributed by atoms with Gasteiger partial charge in [0.15, 0.2) is 5.15 Å². The van der Waals surface area contributed by atoms with Gasteiger partial charge in [-0.25, -0.2) is 14.6 Å². The van der Waals surface area contributed by atoms with Crippen molar-refractivity contribution in [3.8, 4) is 22.4 Å². The summed E-state index contributed by atoms with van der Waals surface area (Å²) in [4.78, 5) is 90.8. The molecule has 16 nitrogen and oxygen atoms in total. The summed E-state index contributed by atoms with van der Waals surface area (Å²) in [7, 11) is 2.56. The molecule has 6 atom stereocenters. The van der Waals surface area contributed by atoms with Crippen LogP contribution < -0.4 is 16.0 Å². The van der Waals surface area contributed by atoms with Gasteiger partial charge in [-0.1, -0.05) is 61.8 Å². The second kappa shape index (κ2) is 18.3. The van der Waals surface area contributed by atoms with E-state index in [1.165, 1.54) is 14.2 Å². The Morgan fingerprint density at radius 3 is 2.22 bits per heavy atom. The molecule has 4 aromatic rings. The molecule has 2 saturated heterocycles. The predicted molar refractivity (Wildman–Crippen MR) is 234 cm³/mol. The van der Waals surface area contributed by atoms with Crippen LogP contribution >= 0.6 is 11.6 Å². The summed E-state index contributed by atoms with van der Waals surface area (Å²) in [5.41, 5.74) is 5.80. The fourth-order valence-electron chi connectivity index (χ4n) is 9.78. The van der Waals surface area contributed by atoms with Crippen molar-refractivity contribution in [2.45, 2.75) is 95.4 Å². The molecule has 5 amide bonds. The van der Waals surface area contributed by atoms with E-state index >= 15 is 0 Å². The Bertz CT molecular complexity index is 2390. The second-order valence-electron chi connectivity index (χ2n) is 17.2. The third-order valence-electron chi connectivity index (χ3n) is 13.0. The number of amides is 5. The lowest BCUT2D eigenvalue weighted by Crippen LogP contribution is -2.51. The second-order valence-corrected chi connectivity index (χ2v) is 17.5. The highest BCUT2D eigenvalue weighted by atomic mass is 35.5. The number of likely N-dealkylation sites (tertiary alicyclic amines) is 2. The molecule has 1 aliphatic carbocycles. The minimum Gasteiger partial charge on any atom is -0.453 e. The van der Waals surface area contributed by atoms with Crippen molar-refractivity contribution in [2.24, 2.45) is 11.8 Å². The number of methoxy groups -OCH3 is 2. The van der Waals surface area contributed by atoms with Crippen molar-refractivity contribution in [3.63, 3.8) is 0 Å². The first-order valence-corrected chi connectivity index (χ1v) is 22.0. The van der Waals surface area contributed by atoms with Gasteiger partial charge < -0.3 is 44.8 Å². The molecule has 2 aromatic heterocycles. The molecular formula is C46H53ClN8O8. The molecule has 0 spiro atoms. The fraction of sp³-hybridized carbons (Fsp3) is 0.457. The lowest BCUT2D eigenvalue weighted by Gasteiger charge is -2.31. The highest BCUT2D eigenvalue weighted by molar-refractivity contribution is 6.32. The Hall–Kier alpha value is -6.16. The number of aryl methyl sites for hydroxylation is 1. The highest BCUT2D eigenvalue weighted by Gasteiger charge is 2.45. The van der Waals surface area contributed by atoms with E-state index in [-0.39, 0.29) is 47.0 Å². The number of ether oxygens (including phenoxy) is 2. The summed E-state index contributed by atoms with van der Waals surface area (Å²) < 4.78 is 11.6. The van der Waals surface area contributed by atoms with Crippen LogP contribution in [0.3, 0.4) is 0 Å². The zero-order valence-electron chi connectivity index (χ0n) is 35.8. The van der Waals surface area contributed by atoms with Gasteiger partial charge in [0, 0.05) is 55.2 Å². The molecule has 4 aliphatic rings. The minimum absolute atomic E-state index is 0.0203. The normalized spacial score (nSPS) is 22.3. The average molecular weight is 881 g/mol. The number of nitrogens with zero attached hydrogens (tertiary/aromatic N) is 4. The number of anilines is 1. The first-order valence-electron chi connectivity index (χ1n) is 21.6. The maximum atomic E-state index is 14.2. The molecule has 0 saturated carbocycles. The largest absolute Gasteiger partial charge is 0.453 e. The van der Waals surface area contributed by atoms with Crippen molar-refractivity contribution < 1.29 is 38.2 Å². The van der Waals surface area contributed by atoms with Gasteiger partial charge in [-0.2, -0.15) is 0 Å². The monoisotopic (exact) mass is 880 g/mol. The molecule has 332 valence electrons. The third-order valence-corrected chi connectivity index (χ3v) is 13.3. The molecule has 0 radical (unpaired) electrons. The summed E-state index contributed by atoms with van der Waals surface area (Å²) in [5.74, 6) is -1.58. The SMILES string of the molecule is COC(=O)N[C@H]1CCc2ccn3c2C1C(=O)C[C@H](C(=O)N1CCC[C@H]1C(=O)Nc1ccc(-c2ccc(-c4[nH]c([C@@H]5CCCN5C(=O)[C@@H](NC(=O)OC)C(C)C)nc4Cl)cc2)cc1)C3. The number of hydrogen-bond acceptors (Lipinski definition) is 9. The zero-order chi connectivity index (χ0) is 44.5. The Balaban J connectivity index is 0.898. The molecule has 0 bridgehead atoms. The molecule has 8 rings (SSSR count). The quantitative estimate of drug-likeness (QED) is 0.143. The number of rotatable bonds is 10. The number of imidazole rings is 1. The van der Waals surface area contributed by atoms with E-state index in [0.717, 1.165) is 34.4 Å². The maximum absolute atomic E-state index is 14.2. The number of hydrogen-bond donors (Lipinski definition) is 4. The van der Waals surface area contributed by atoms with Gasteiger partial charge in [-0.3, -0.25) is 19.2 Å². The molecule has 5 heterocycles. The van der Waals surface area contributed by atoms with Crippen molar-refractivity contribution >= 4 is 53.0 Å². The van der Waals surface area contributed by atoms with Gasteiger partial charge in [0.2, 0.25) is 17.7 Å². The number of Topliss-reactive ketones (excluding diaryl/α,β-unsaturated/α-hetero) is 1. The molecule has 2 aromatic carbocycles. The molecular weight excluding hydrogens is 828 g/mol. The van der Waals surface area contributed by atoms with Gasteiger partial charge in [0.25, 0.3) is 0 Å². The van der Waals surface area contributed by atoms with Gasteiger partial charge >= 0.3 is 12.2 Å². The van der Waals surface area contributed by atoms with Crippen LogP contribution in [-0.4, -0.2) is 105 Å². The van der Waals surface area contributed by atoms with Gasteiger partial charge in [-0.05, 0) is 79.3 Å². The summed E-state index contributed by atoms with van der Waals surface area (Å²) >= 11 is 6.68. The fourth-order valence-corrected chi connectivity index (χ4v) is 10.0.